The lowest BCUT2D eigenvalue weighted by molar-refractivity contribution is -0.139. The number of ether oxygens (including phenoxy) is 2. The van der Waals surface area contributed by atoms with Gasteiger partial charge in [0.1, 0.15) is 11.5 Å². The predicted octanol–water partition coefficient (Wildman–Crippen LogP) is 1.36. The highest BCUT2D eigenvalue weighted by atomic mass is 16.5. The predicted molar refractivity (Wildman–Crippen MR) is 56.1 cm³/mol. The molecule has 1 aromatic carbocycles. The van der Waals surface area contributed by atoms with Gasteiger partial charge in [-0.3, -0.25) is 4.79 Å². The van der Waals surface area contributed by atoms with Crippen LogP contribution in [0.2, 0.25) is 0 Å². The Balaban J connectivity index is 2.90. The Morgan fingerprint density at radius 3 is 2.56 bits per heavy atom. The molecule has 0 spiro atoms. The molecule has 1 rings (SSSR count). The van der Waals surface area contributed by atoms with Crippen LogP contribution in [0.1, 0.15) is 17.3 Å². The first-order valence-electron chi connectivity index (χ1n) is 4.58. The lowest BCUT2D eigenvalue weighted by atomic mass is 10.1. The third kappa shape index (κ3) is 2.98. The summed E-state index contributed by atoms with van der Waals surface area (Å²) in [6, 6.07) is 4.56. The van der Waals surface area contributed by atoms with Crippen molar-refractivity contribution in [1.29, 1.82) is 0 Å². The molecule has 0 radical (unpaired) electrons. The molecule has 1 aromatic rings. The number of hydrogen-bond acceptors (Lipinski definition) is 4. The topological polar surface area (TPSA) is 72.8 Å². The number of methoxy groups -OCH3 is 1. The summed E-state index contributed by atoms with van der Waals surface area (Å²) in [5.41, 5.74) is 0.435. The van der Waals surface area contributed by atoms with E-state index in [0.717, 1.165) is 0 Å². The fourth-order valence-electron chi connectivity index (χ4n) is 1.20. The number of Topliss-reactive ketones (excluding diaryl/α,β-unsaturated/α-hetero) is 1. The molecule has 5 heteroatoms. The van der Waals surface area contributed by atoms with Crippen molar-refractivity contribution >= 4 is 11.8 Å². The molecule has 0 aliphatic rings. The highest BCUT2D eigenvalue weighted by molar-refractivity contribution is 5.97. The Morgan fingerprint density at radius 2 is 2.06 bits per heavy atom. The Hall–Kier alpha value is -2.04. The van der Waals surface area contributed by atoms with Crippen molar-refractivity contribution in [3.63, 3.8) is 0 Å². The van der Waals surface area contributed by atoms with Crippen LogP contribution in [0, 0.1) is 0 Å². The molecule has 0 aliphatic carbocycles. The van der Waals surface area contributed by atoms with Crippen LogP contribution in [0.4, 0.5) is 0 Å². The van der Waals surface area contributed by atoms with Crippen LogP contribution in [0.5, 0.6) is 11.5 Å². The number of carbonyl (C=O) groups is 2. The minimum Gasteiger partial charge on any atom is -0.496 e. The van der Waals surface area contributed by atoms with E-state index in [1.807, 2.05) is 0 Å². The van der Waals surface area contributed by atoms with E-state index in [1.165, 1.54) is 26.2 Å². The second kappa shape index (κ2) is 5.16. The Kier molecular flexibility index (Phi) is 3.88. The quantitative estimate of drug-likeness (QED) is 0.764. The zero-order valence-electron chi connectivity index (χ0n) is 9.02. The van der Waals surface area contributed by atoms with Crippen LogP contribution in [0.25, 0.3) is 0 Å². The van der Waals surface area contributed by atoms with Crippen molar-refractivity contribution < 1.29 is 24.2 Å². The van der Waals surface area contributed by atoms with Gasteiger partial charge in [0.25, 0.3) is 0 Å². The van der Waals surface area contributed by atoms with Gasteiger partial charge in [0.2, 0.25) is 0 Å². The highest BCUT2D eigenvalue weighted by Gasteiger charge is 2.09. The molecule has 0 amide bonds. The fraction of sp³-hybridized carbons (Fsp3) is 0.273. The molecule has 0 saturated carbocycles. The number of carboxylic acid groups (broad SMARTS) is 1. The monoisotopic (exact) mass is 224 g/mol. The molecule has 5 nitrogen and oxygen atoms in total. The van der Waals surface area contributed by atoms with E-state index in [0.29, 0.717) is 17.1 Å². The smallest absolute Gasteiger partial charge is 0.341 e. The Bertz CT molecular complexity index is 411. The van der Waals surface area contributed by atoms with Gasteiger partial charge >= 0.3 is 5.97 Å². The molecule has 0 aliphatic heterocycles. The summed E-state index contributed by atoms with van der Waals surface area (Å²) in [4.78, 5) is 21.5. The first kappa shape index (κ1) is 12.0. The van der Waals surface area contributed by atoms with E-state index >= 15 is 0 Å². The van der Waals surface area contributed by atoms with Gasteiger partial charge < -0.3 is 14.6 Å². The minimum atomic E-state index is -1.06. The lowest BCUT2D eigenvalue weighted by Crippen LogP contribution is -2.09. The van der Waals surface area contributed by atoms with Gasteiger partial charge in [0.15, 0.2) is 12.4 Å². The van der Waals surface area contributed by atoms with E-state index in [4.69, 9.17) is 14.6 Å². The first-order chi connectivity index (χ1) is 7.54. The average Bonchev–Trinajstić information content (AvgIpc) is 2.25. The minimum absolute atomic E-state index is 0.123. The van der Waals surface area contributed by atoms with Crippen molar-refractivity contribution in [3.05, 3.63) is 23.8 Å². The first-order valence-corrected chi connectivity index (χ1v) is 4.58. The summed E-state index contributed by atoms with van der Waals surface area (Å²) >= 11 is 0. The molecule has 0 bridgehead atoms. The third-order valence-electron chi connectivity index (χ3n) is 1.91. The molecular weight excluding hydrogens is 212 g/mol. The van der Waals surface area contributed by atoms with Gasteiger partial charge in [-0.25, -0.2) is 4.79 Å². The average molecular weight is 224 g/mol. The van der Waals surface area contributed by atoms with Crippen molar-refractivity contribution in [2.24, 2.45) is 0 Å². The molecule has 0 saturated heterocycles. The van der Waals surface area contributed by atoms with Gasteiger partial charge in [0.05, 0.1) is 12.7 Å². The zero-order chi connectivity index (χ0) is 12.1. The van der Waals surface area contributed by atoms with Crippen LogP contribution in [0.15, 0.2) is 18.2 Å². The summed E-state index contributed by atoms with van der Waals surface area (Å²) in [5, 5.41) is 8.43. The summed E-state index contributed by atoms with van der Waals surface area (Å²) in [5.74, 6) is -0.462. The summed E-state index contributed by atoms with van der Waals surface area (Å²) in [6.45, 7) is 0.998. The van der Waals surface area contributed by atoms with E-state index < -0.39 is 12.6 Å². The van der Waals surface area contributed by atoms with Gasteiger partial charge in [-0.05, 0) is 19.1 Å². The summed E-state index contributed by atoms with van der Waals surface area (Å²) in [6.07, 6.45) is 0. The van der Waals surface area contributed by atoms with Crippen LogP contribution >= 0.6 is 0 Å². The largest absolute Gasteiger partial charge is 0.496 e. The van der Waals surface area contributed by atoms with Crippen LogP contribution in [-0.2, 0) is 4.79 Å². The van der Waals surface area contributed by atoms with Crippen molar-refractivity contribution in [2.45, 2.75) is 6.92 Å². The maximum Gasteiger partial charge on any atom is 0.341 e. The van der Waals surface area contributed by atoms with Crippen LogP contribution in [0.3, 0.4) is 0 Å². The summed E-state index contributed by atoms with van der Waals surface area (Å²) < 4.78 is 9.96. The number of benzene rings is 1. The fourth-order valence-corrected chi connectivity index (χ4v) is 1.20. The Labute approximate surface area is 92.6 Å². The van der Waals surface area contributed by atoms with Crippen LogP contribution < -0.4 is 9.47 Å². The van der Waals surface area contributed by atoms with E-state index in [2.05, 4.69) is 0 Å². The molecule has 0 fully saturated rings. The SMILES string of the molecule is COc1cc(OCC(=O)O)ccc1C(C)=O. The molecule has 0 atom stereocenters. The molecule has 0 aromatic heterocycles. The van der Waals surface area contributed by atoms with Gasteiger partial charge in [-0.1, -0.05) is 0 Å². The molecule has 0 heterocycles. The third-order valence-corrected chi connectivity index (χ3v) is 1.91. The number of hydrogen-bond donors (Lipinski definition) is 1. The van der Waals surface area contributed by atoms with Crippen molar-refractivity contribution in [1.82, 2.24) is 0 Å². The Morgan fingerprint density at radius 1 is 1.38 bits per heavy atom. The van der Waals surface area contributed by atoms with Gasteiger partial charge in [-0.2, -0.15) is 0 Å². The van der Waals surface area contributed by atoms with Crippen molar-refractivity contribution in [3.8, 4) is 11.5 Å². The molecule has 16 heavy (non-hydrogen) atoms. The van der Waals surface area contributed by atoms with Crippen molar-refractivity contribution in [2.75, 3.05) is 13.7 Å². The number of carbonyl (C=O) groups excluding carboxylic acids is 1. The molecule has 86 valence electrons. The normalized spacial score (nSPS) is 9.62. The van der Waals surface area contributed by atoms with Crippen LogP contribution in [-0.4, -0.2) is 30.6 Å². The lowest BCUT2D eigenvalue weighted by Gasteiger charge is -2.08. The van der Waals surface area contributed by atoms with Gasteiger partial charge in [-0.15, -0.1) is 0 Å². The standard InChI is InChI=1S/C11H12O5/c1-7(12)9-4-3-8(5-10(9)15-2)16-6-11(13)14/h3-5H,6H2,1-2H3,(H,13,14). The van der Waals surface area contributed by atoms with E-state index in [-0.39, 0.29) is 5.78 Å². The second-order valence-corrected chi connectivity index (χ2v) is 3.10. The van der Waals surface area contributed by atoms with Gasteiger partial charge in [0, 0.05) is 6.07 Å². The number of carboxylic acids is 1. The number of ketones is 1. The molecule has 1 N–H and O–H groups in total. The zero-order valence-corrected chi connectivity index (χ0v) is 9.02. The van der Waals surface area contributed by atoms with E-state index in [9.17, 15) is 9.59 Å². The van der Waals surface area contributed by atoms with E-state index in [1.54, 1.807) is 6.07 Å². The highest BCUT2D eigenvalue weighted by Crippen LogP contribution is 2.24. The number of aliphatic carboxylic acids is 1. The maximum absolute atomic E-state index is 11.2. The number of rotatable bonds is 5. The maximum atomic E-state index is 11.2. The second-order valence-electron chi connectivity index (χ2n) is 3.10. The summed E-state index contributed by atoms with van der Waals surface area (Å²) in [7, 11) is 1.43. The molecular formula is C11H12O5. The molecule has 0 unspecified atom stereocenters.